The predicted molar refractivity (Wildman–Crippen MR) is 62.0 cm³/mol. The number of nitrogens with one attached hydrogen (secondary N) is 1. The third-order valence-electron chi connectivity index (χ3n) is 2.05. The van der Waals surface area contributed by atoms with Gasteiger partial charge in [-0.1, -0.05) is 6.07 Å². The Morgan fingerprint density at radius 1 is 1.44 bits per heavy atom. The number of anilines is 1. The Balaban J connectivity index is 2.75. The molecule has 0 aliphatic carbocycles. The molecule has 1 heterocycles. The van der Waals surface area contributed by atoms with Crippen LogP contribution in [0, 0.1) is 0 Å². The molecule has 0 amide bonds. The zero-order valence-corrected chi connectivity index (χ0v) is 9.93. The summed E-state index contributed by atoms with van der Waals surface area (Å²) >= 11 is 0. The van der Waals surface area contributed by atoms with Crippen molar-refractivity contribution in [1.29, 1.82) is 0 Å². The van der Waals surface area contributed by atoms with Gasteiger partial charge >= 0.3 is 10.2 Å². The third kappa shape index (κ3) is 1.81. The zero-order valence-electron chi connectivity index (χ0n) is 8.30. The minimum absolute atomic E-state index is 0.139. The number of fused-ring (bicyclic) bond motifs is 1. The average molecular weight is 259 g/mol. The fourth-order valence-electron chi connectivity index (χ4n) is 1.46. The van der Waals surface area contributed by atoms with Gasteiger partial charge in [0.15, 0.2) is 0 Å². The van der Waals surface area contributed by atoms with Crippen molar-refractivity contribution in [3.63, 3.8) is 0 Å². The zero-order chi connectivity index (χ0) is 11.9. The molecule has 16 heavy (non-hydrogen) atoms. The Labute approximate surface area is 95.2 Å². The molecule has 0 saturated heterocycles. The Kier molecular flexibility index (Phi) is 2.47. The van der Waals surface area contributed by atoms with E-state index < -0.39 is 21.0 Å². The van der Waals surface area contributed by atoms with Crippen LogP contribution in [0.1, 0.15) is 5.56 Å². The quantitative estimate of drug-likeness (QED) is 0.729. The highest BCUT2D eigenvalue weighted by Crippen LogP contribution is 2.26. The molecule has 86 valence electrons. The normalized spacial score (nSPS) is 19.2. The van der Waals surface area contributed by atoms with E-state index in [4.69, 9.17) is 5.73 Å². The first-order valence-corrected chi connectivity index (χ1v) is 7.25. The van der Waals surface area contributed by atoms with Crippen LogP contribution in [0.4, 0.5) is 5.69 Å². The van der Waals surface area contributed by atoms with Crippen molar-refractivity contribution in [1.82, 2.24) is 0 Å². The molecule has 1 aliphatic heterocycles. The molecule has 1 atom stereocenters. The highest BCUT2D eigenvalue weighted by molar-refractivity contribution is 7.91. The second kappa shape index (κ2) is 3.56. The lowest BCUT2D eigenvalue weighted by molar-refractivity contribution is 0.602. The summed E-state index contributed by atoms with van der Waals surface area (Å²) in [5.41, 5.74) is 6.25. The molecule has 1 aliphatic rings. The number of hydrogen-bond acceptors (Lipinski definition) is 4. The average Bonchev–Trinajstić information content (AvgIpc) is 2.14. The number of benzene rings is 1. The van der Waals surface area contributed by atoms with Crippen LogP contribution >= 0.6 is 0 Å². The van der Waals surface area contributed by atoms with Crippen molar-refractivity contribution in [2.24, 2.45) is 10.1 Å². The molecule has 0 bridgehead atoms. The topological polar surface area (TPSA) is 102 Å². The highest BCUT2D eigenvalue weighted by atomic mass is 32.2. The molecule has 0 aromatic heterocycles. The second-order valence-electron chi connectivity index (χ2n) is 3.19. The second-order valence-corrected chi connectivity index (χ2v) is 5.87. The molecule has 0 fully saturated rings. The minimum Gasteiger partial charge on any atom is -0.382 e. The van der Waals surface area contributed by atoms with Crippen molar-refractivity contribution in [2.45, 2.75) is 4.90 Å². The molecule has 0 spiro atoms. The van der Waals surface area contributed by atoms with Crippen molar-refractivity contribution in [3.8, 4) is 0 Å². The monoisotopic (exact) mass is 259 g/mol. The molecule has 3 N–H and O–H groups in total. The fourth-order valence-corrected chi connectivity index (χ4v) is 3.07. The SMILES string of the molecule is CS(=O)c1cccc2c1C(N)=NS(=O)(=O)N2. The molecule has 0 saturated carbocycles. The van der Waals surface area contributed by atoms with Gasteiger partial charge in [-0.05, 0) is 12.1 Å². The smallest absolute Gasteiger partial charge is 0.344 e. The number of amidine groups is 1. The maximum atomic E-state index is 11.4. The molecular formula is C8H9N3O3S2. The maximum absolute atomic E-state index is 11.4. The molecule has 2 rings (SSSR count). The minimum atomic E-state index is -3.77. The standard InChI is InChI=1S/C8H9N3O3S2/c1-15(12)6-4-2-3-5-7(6)8(9)11-16(13,14)10-5/h2-4,10H,1H3,(H2,9,11). The molecule has 8 heteroatoms. The maximum Gasteiger partial charge on any atom is 0.344 e. The van der Waals surface area contributed by atoms with Crippen LogP contribution < -0.4 is 10.5 Å². The summed E-state index contributed by atoms with van der Waals surface area (Å²) in [6.07, 6.45) is 1.49. The van der Waals surface area contributed by atoms with Gasteiger partial charge in [0.2, 0.25) is 0 Å². The van der Waals surface area contributed by atoms with E-state index >= 15 is 0 Å². The Hall–Kier alpha value is -1.41. The molecule has 1 aromatic rings. The van der Waals surface area contributed by atoms with Crippen molar-refractivity contribution < 1.29 is 12.6 Å². The van der Waals surface area contributed by atoms with E-state index in [0.717, 1.165) is 0 Å². The van der Waals surface area contributed by atoms with Crippen LogP contribution in [-0.2, 0) is 21.0 Å². The van der Waals surface area contributed by atoms with Crippen LogP contribution in [0.5, 0.6) is 0 Å². The Morgan fingerprint density at radius 2 is 2.12 bits per heavy atom. The summed E-state index contributed by atoms with van der Waals surface area (Å²) in [6, 6.07) is 4.78. The van der Waals surface area contributed by atoms with Gasteiger partial charge in [-0.15, -0.1) is 4.40 Å². The van der Waals surface area contributed by atoms with Gasteiger partial charge in [0, 0.05) is 6.26 Å². The van der Waals surface area contributed by atoms with E-state index in [1.165, 1.54) is 6.26 Å². The summed E-state index contributed by atoms with van der Waals surface area (Å²) in [5.74, 6) is -0.139. The third-order valence-corrected chi connectivity index (χ3v) is 3.92. The van der Waals surface area contributed by atoms with Crippen LogP contribution in [0.2, 0.25) is 0 Å². The van der Waals surface area contributed by atoms with Gasteiger partial charge in [0.25, 0.3) is 0 Å². The van der Waals surface area contributed by atoms with E-state index in [1.54, 1.807) is 18.2 Å². The van der Waals surface area contributed by atoms with Crippen LogP contribution in [-0.4, -0.2) is 24.7 Å². The first-order valence-electron chi connectivity index (χ1n) is 4.26. The van der Waals surface area contributed by atoms with Crippen molar-refractivity contribution in [3.05, 3.63) is 23.8 Å². The summed E-state index contributed by atoms with van der Waals surface area (Å²) in [7, 11) is -5.03. The lowest BCUT2D eigenvalue weighted by Gasteiger charge is -2.17. The molecular weight excluding hydrogens is 250 g/mol. The van der Waals surface area contributed by atoms with Gasteiger partial charge in [-0.2, -0.15) is 8.42 Å². The lowest BCUT2D eigenvalue weighted by Crippen LogP contribution is -2.27. The summed E-state index contributed by atoms with van der Waals surface area (Å²) in [5, 5.41) is 0. The van der Waals surface area contributed by atoms with E-state index in [0.29, 0.717) is 16.1 Å². The predicted octanol–water partition coefficient (Wildman–Crippen LogP) is -0.200. The summed E-state index contributed by atoms with van der Waals surface area (Å²) < 4.78 is 39.5. The molecule has 0 radical (unpaired) electrons. The van der Waals surface area contributed by atoms with E-state index in [1.807, 2.05) is 0 Å². The molecule has 6 nitrogen and oxygen atoms in total. The summed E-state index contributed by atoms with van der Waals surface area (Å²) in [6.45, 7) is 0. The number of hydrogen-bond donors (Lipinski definition) is 2. The van der Waals surface area contributed by atoms with Gasteiger partial charge in [-0.3, -0.25) is 8.93 Å². The lowest BCUT2D eigenvalue weighted by atomic mass is 10.1. The summed E-state index contributed by atoms with van der Waals surface area (Å²) in [4.78, 5) is 0.459. The number of nitrogens with two attached hydrogens (primary N) is 1. The van der Waals surface area contributed by atoms with Crippen LogP contribution in [0.3, 0.4) is 0 Å². The van der Waals surface area contributed by atoms with Gasteiger partial charge in [-0.25, -0.2) is 0 Å². The first-order chi connectivity index (χ1) is 7.41. The first kappa shape index (κ1) is 11.1. The largest absolute Gasteiger partial charge is 0.382 e. The highest BCUT2D eigenvalue weighted by Gasteiger charge is 2.24. The van der Waals surface area contributed by atoms with E-state index in [-0.39, 0.29) is 5.84 Å². The molecule has 1 aromatic carbocycles. The van der Waals surface area contributed by atoms with Crippen molar-refractivity contribution >= 4 is 32.5 Å². The molecule has 1 unspecified atom stereocenters. The van der Waals surface area contributed by atoms with Crippen LogP contribution in [0.15, 0.2) is 27.5 Å². The van der Waals surface area contributed by atoms with E-state index in [2.05, 4.69) is 9.12 Å². The fraction of sp³-hybridized carbons (Fsp3) is 0.125. The van der Waals surface area contributed by atoms with Gasteiger partial charge in [0.05, 0.1) is 26.9 Å². The Bertz CT molecular complexity index is 607. The van der Waals surface area contributed by atoms with Gasteiger partial charge < -0.3 is 5.73 Å². The van der Waals surface area contributed by atoms with Crippen molar-refractivity contribution in [2.75, 3.05) is 11.0 Å². The van der Waals surface area contributed by atoms with E-state index in [9.17, 15) is 12.6 Å². The number of nitrogens with zero attached hydrogens (tertiary/aromatic N) is 1. The van der Waals surface area contributed by atoms with Gasteiger partial charge in [0.1, 0.15) is 5.84 Å². The Morgan fingerprint density at radius 3 is 2.75 bits per heavy atom. The number of rotatable bonds is 1. The van der Waals surface area contributed by atoms with Crippen LogP contribution in [0.25, 0.3) is 0 Å².